The van der Waals surface area contributed by atoms with Gasteiger partial charge < -0.3 is 19.3 Å². The van der Waals surface area contributed by atoms with E-state index in [1.807, 2.05) is 0 Å². The van der Waals surface area contributed by atoms with Crippen molar-refractivity contribution >= 4 is 28.6 Å². The standard InChI is InChI=1S/C26H39IO5/c1-17(28)32-21-6-5-19-18-7-10-25(29)13-26(30-15-22(2,3)16-31-26)12-11-24(25,14-27)20(18)8-9-23(19,21)4/h8,18-19,21,29H,5-7,9-16H2,1-4H3/t18?,19?,21?,23-,24-,25+/m0/s1. The molecule has 6 atom stereocenters. The van der Waals surface area contributed by atoms with Gasteiger partial charge in [-0.15, -0.1) is 0 Å². The van der Waals surface area contributed by atoms with Crippen LogP contribution >= 0.6 is 22.6 Å². The molecule has 0 aromatic rings. The van der Waals surface area contributed by atoms with Gasteiger partial charge in [0.05, 0.1) is 18.8 Å². The van der Waals surface area contributed by atoms with E-state index in [9.17, 15) is 9.90 Å². The summed E-state index contributed by atoms with van der Waals surface area (Å²) in [4.78, 5) is 11.7. The van der Waals surface area contributed by atoms with Gasteiger partial charge in [-0.25, -0.2) is 0 Å². The first-order valence-electron chi connectivity index (χ1n) is 12.4. The fourth-order valence-electron chi connectivity index (χ4n) is 7.90. The van der Waals surface area contributed by atoms with Crippen LogP contribution in [-0.4, -0.2) is 46.2 Å². The molecule has 1 N–H and O–H groups in total. The molecule has 4 aliphatic carbocycles. The number of carbonyl (C=O) groups excluding carboxylic acids is 1. The summed E-state index contributed by atoms with van der Waals surface area (Å²) < 4.78 is 19.4. The van der Waals surface area contributed by atoms with Gasteiger partial charge in [-0.05, 0) is 50.4 Å². The molecule has 6 heteroatoms. The molecule has 1 aliphatic heterocycles. The molecule has 5 nitrogen and oxygen atoms in total. The van der Waals surface area contributed by atoms with Gasteiger partial charge in [0, 0.05) is 40.4 Å². The minimum atomic E-state index is -0.794. The third kappa shape index (κ3) is 3.36. The van der Waals surface area contributed by atoms with E-state index >= 15 is 0 Å². The van der Waals surface area contributed by atoms with Gasteiger partial charge in [-0.2, -0.15) is 0 Å². The van der Waals surface area contributed by atoms with Gasteiger partial charge in [0.25, 0.3) is 0 Å². The largest absolute Gasteiger partial charge is 0.462 e. The zero-order valence-corrected chi connectivity index (χ0v) is 22.2. The molecule has 32 heavy (non-hydrogen) atoms. The molecule has 0 bridgehead atoms. The molecule has 180 valence electrons. The Kier molecular flexibility index (Phi) is 5.64. The van der Waals surface area contributed by atoms with Crippen LogP contribution in [0.15, 0.2) is 11.6 Å². The second-order valence-electron chi connectivity index (χ2n) is 12.4. The first-order valence-corrected chi connectivity index (χ1v) is 13.9. The van der Waals surface area contributed by atoms with Gasteiger partial charge in [0.1, 0.15) is 6.10 Å². The Bertz CT molecular complexity index is 813. The molecule has 5 rings (SSSR count). The Morgan fingerprint density at radius 2 is 1.88 bits per heavy atom. The van der Waals surface area contributed by atoms with Gasteiger partial charge in [-0.1, -0.05) is 55.0 Å². The van der Waals surface area contributed by atoms with Crippen molar-refractivity contribution in [2.45, 2.75) is 96.6 Å². The first kappa shape index (κ1) is 23.6. The van der Waals surface area contributed by atoms with E-state index < -0.39 is 11.4 Å². The number of hydrogen-bond donors (Lipinski definition) is 1. The lowest BCUT2D eigenvalue weighted by atomic mass is 9.47. The second kappa shape index (κ2) is 7.66. The van der Waals surface area contributed by atoms with E-state index in [0.717, 1.165) is 49.4 Å². The highest BCUT2D eigenvalue weighted by Gasteiger charge is 2.66. The molecule has 0 amide bonds. The molecular formula is C26H39IO5. The zero-order chi connectivity index (χ0) is 23.0. The van der Waals surface area contributed by atoms with E-state index in [-0.39, 0.29) is 28.3 Å². The van der Waals surface area contributed by atoms with Gasteiger partial charge in [0.2, 0.25) is 0 Å². The summed E-state index contributed by atoms with van der Waals surface area (Å²) in [6.07, 6.45) is 9.57. The van der Waals surface area contributed by atoms with E-state index in [2.05, 4.69) is 49.4 Å². The highest BCUT2D eigenvalue weighted by molar-refractivity contribution is 14.1. The topological polar surface area (TPSA) is 65.0 Å². The normalized spacial score (nSPS) is 46.6. The lowest BCUT2D eigenvalue weighted by Crippen LogP contribution is -2.66. The fraction of sp³-hybridized carbons (Fsp3) is 0.885. The van der Waals surface area contributed by atoms with E-state index in [1.54, 1.807) is 0 Å². The Balaban J connectivity index is 1.44. The SMILES string of the molecule is CC(=O)OC1CCC2C3CC[C@@]4(O)CC5(CC[C@]4(CI)C3=CC[C@]12C)OCC(C)(C)CO5. The van der Waals surface area contributed by atoms with Crippen LogP contribution in [0.2, 0.25) is 0 Å². The predicted molar refractivity (Wildman–Crippen MR) is 130 cm³/mol. The average molecular weight is 558 g/mol. The summed E-state index contributed by atoms with van der Waals surface area (Å²) in [5.41, 5.74) is 0.525. The van der Waals surface area contributed by atoms with E-state index in [1.165, 1.54) is 12.5 Å². The molecule has 0 aromatic heterocycles. The minimum Gasteiger partial charge on any atom is -0.462 e. The first-order chi connectivity index (χ1) is 15.0. The van der Waals surface area contributed by atoms with Crippen molar-refractivity contribution in [2.24, 2.45) is 28.1 Å². The van der Waals surface area contributed by atoms with Crippen LogP contribution in [0.25, 0.3) is 0 Å². The molecule has 3 unspecified atom stereocenters. The number of rotatable bonds is 2. The molecular weight excluding hydrogens is 519 g/mol. The third-order valence-electron chi connectivity index (χ3n) is 9.76. The van der Waals surface area contributed by atoms with Gasteiger partial charge >= 0.3 is 5.97 Å². The summed E-state index contributed by atoms with van der Waals surface area (Å²) in [6.45, 7) is 9.57. The monoisotopic (exact) mass is 558 g/mol. The molecule has 1 spiro atoms. The Morgan fingerprint density at radius 3 is 2.53 bits per heavy atom. The molecule has 0 aromatic carbocycles. The number of carbonyl (C=O) groups is 1. The maximum absolute atomic E-state index is 12.2. The third-order valence-corrected chi connectivity index (χ3v) is 11.1. The summed E-state index contributed by atoms with van der Waals surface area (Å²) >= 11 is 2.51. The molecule has 1 saturated heterocycles. The second-order valence-corrected chi connectivity index (χ2v) is 13.1. The van der Waals surface area contributed by atoms with Crippen LogP contribution in [0, 0.1) is 28.1 Å². The summed E-state index contributed by atoms with van der Waals surface area (Å²) in [5, 5.41) is 12.2. The number of allylic oxidation sites excluding steroid dienone is 1. The smallest absolute Gasteiger partial charge is 0.302 e. The van der Waals surface area contributed by atoms with Crippen molar-refractivity contribution in [2.75, 3.05) is 17.6 Å². The molecule has 3 saturated carbocycles. The fourth-order valence-corrected chi connectivity index (χ4v) is 9.43. The van der Waals surface area contributed by atoms with E-state index in [4.69, 9.17) is 14.2 Å². The molecule has 1 heterocycles. The summed E-state index contributed by atoms with van der Waals surface area (Å²) in [6, 6.07) is 0. The van der Waals surface area contributed by atoms with E-state index in [0.29, 0.717) is 31.5 Å². The van der Waals surface area contributed by atoms with Crippen LogP contribution < -0.4 is 0 Å². The maximum atomic E-state index is 12.2. The van der Waals surface area contributed by atoms with Gasteiger partial charge in [0.15, 0.2) is 5.79 Å². The van der Waals surface area contributed by atoms with Crippen LogP contribution in [0.5, 0.6) is 0 Å². The number of alkyl halides is 1. The highest BCUT2D eigenvalue weighted by atomic mass is 127. The van der Waals surface area contributed by atoms with Crippen LogP contribution in [-0.2, 0) is 19.0 Å². The number of ether oxygens (including phenoxy) is 3. The van der Waals surface area contributed by atoms with Crippen LogP contribution in [0.1, 0.15) is 79.1 Å². The van der Waals surface area contributed by atoms with Crippen molar-refractivity contribution in [1.29, 1.82) is 0 Å². The Hall–Kier alpha value is -0.180. The quantitative estimate of drug-likeness (QED) is 0.219. The average Bonchev–Trinajstić information content (AvgIpc) is 3.06. The van der Waals surface area contributed by atoms with Crippen molar-refractivity contribution in [1.82, 2.24) is 0 Å². The predicted octanol–water partition coefficient (Wildman–Crippen LogP) is 5.18. The number of aliphatic hydroxyl groups is 1. The summed E-state index contributed by atoms with van der Waals surface area (Å²) in [5.74, 6) is 0.200. The van der Waals surface area contributed by atoms with Crippen molar-refractivity contribution < 1.29 is 24.1 Å². The highest BCUT2D eigenvalue weighted by Crippen LogP contribution is 2.67. The Morgan fingerprint density at radius 1 is 1.16 bits per heavy atom. The molecule has 0 radical (unpaired) electrons. The molecule has 5 aliphatic rings. The lowest BCUT2D eigenvalue weighted by Gasteiger charge is -2.63. The number of hydrogen-bond acceptors (Lipinski definition) is 5. The van der Waals surface area contributed by atoms with Gasteiger partial charge in [-0.3, -0.25) is 4.79 Å². The zero-order valence-electron chi connectivity index (χ0n) is 20.0. The van der Waals surface area contributed by atoms with Crippen molar-refractivity contribution in [3.63, 3.8) is 0 Å². The maximum Gasteiger partial charge on any atom is 0.302 e. The number of esters is 1. The van der Waals surface area contributed by atoms with Crippen molar-refractivity contribution in [3.05, 3.63) is 11.6 Å². The number of halogens is 1. The van der Waals surface area contributed by atoms with Crippen LogP contribution in [0.3, 0.4) is 0 Å². The molecule has 4 fully saturated rings. The minimum absolute atomic E-state index is 0.0127. The summed E-state index contributed by atoms with van der Waals surface area (Å²) in [7, 11) is 0. The van der Waals surface area contributed by atoms with Crippen LogP contribution in [0.4, 0.5) is 0 Å². The Labute approximate surface area is 206 Å². The lowest BCUT2D eigenvalue weighted by molar-refractivity contribution is -0.342. The number of fused-ring (bicyclic) bond motifs is 5. The van der Waals surface area contributed by atoms with Crippen molar-refractivity contribution in [3.8, 4) is 0 Å².